The summed E-state index contributed by atoms with van der Waals surface area (Å²) in [5, 5.41) is 13.0. The van der Waals surface area contributed by atoms with Gasteiger partial charge in [-0.05, 0) is 38.0 Å². The first-order valence-electron chi connectivity index (χ1n) is 9.57. The fourth-order valence-electron chi connectivity index (χ4n) is 3.68. The Hall–Kier alpha value is -1.25. The zero-order chi connectivity index (χ0) is 18.1. The summed E-state index contributed by atoms with van der Waals surface area (Å²) >= 11 is 0. The predicted molar refractivity (Wildman–Crippen MR) is 101 cm³/mol. The molecule has 1 aromatic rings. The van der Waals surface area contributed by atoms with Crippen LogP contribution in [-0.2, 0) is 22.0 Å². The lowest BCUT2D eigenvalue weighted by Crippen LogP contribution is -2.29. The van der Waals surface area contributed by atoms with Crippen LogP contribution in [0.4, 0.5) is 11.8 Å². The first kappa shape index (κ1) is 18.1. The summed E-state index contributed by atoms with van der Waals surface area (Å²) in [7, 11) is 0.975. The Bertz CT molecular complexity index is 689. The van der Waals surface area contributed by atoms with Crippen molar-refractivity contribution >= 4 is 22.6 Å². The summed E-state index contributed by atoms with van der Waals surface area (Å²) < 4.78 is 17.8. The number of nitrogens with one attached hydrogen (secondary N) is 1. The van der Waals surface area contributed by atoms with Gasteiger partial charge in [-0.2, -0.15) is 4.98 Å². The maximum atomic E-state index is 12.4. The maximum Gasteiger partial charge on any atom is 0.227 e. The van der Waals surface area contributed by atoms with E-state index in [0.29, 0.717) is 23.4 Å². The molecule has 144 valence electrons. The van der Waals surface area contributed by atoms with Gasteiger partial charge in [-0.25, -0.2) is 4.98 Å². The molecule has 1 aromatic heterocycles. The van der Waals surface area contributed by atoms with Gasteiger partial charge in [0.25, 0.3) is 0 Å². The average molecular weight is 381 g/mol. The number of fused-ring (bicyclic) bond motifs is 1. The van der Waals surface area contributed by atoms with Crippen molar-refractivity contribution < 1.29 is 14.1 Å². The van der Waals surface area contributed by atoms with Crippen molar-refractivity contribution in [2.24, 2.45) is 5.92 Å². The van der Waals surface area contributed by atoms with E-state index in [2.05, 4.69) is 10.2 Å². The molecule has 2 aliphatic heterocycles. The highest BCUT2D eigenvalue weighted by molar-refractivity contribution is 7.85. The summed E-state index contributed by atoms with van der Waals surface area (Å²) in [5.74, 6) is 2.66. The number of nitrogens with zero attached hydrogens (tertiary/aromatic N) is 3. The second-order valence-corrected chi connectivity index (χ2v) is 9.28. The molecule has 4 rings (SSSR count). The molecule has 0 aromatic carbocycles. The number of anilines is 2. The number of ether oxygens (including phenoxy) is 1. The van der Waals surface area contributed by atoms with Gasteiger partial charge < -0.3 is 20.1 Å². The van der Waals surface area contributed by atoms with Gasteiger partial charge in [-0.15, -0.1) is 0 Å². The van der Waals surface area contributed by atoms with Gasteiger partial charge in [-0.3, -0.25) is 4.21 Å². The molecule has 1 saturated carbocycles. The Kier molecular flexibility index (Phi) is 5.16. The minimum absolute atomic E-state index is 0.0767. The molecule has 1 saturated heterocycles. The number of aryl methyl sites for hydroxylation is 1. The molecule has 1 aliphatic carbocycles. The van der Waals surface area contributed by atoms with Crippen LogP contribution in [0.2, 0.25) is 0 Å². The number of hydrogen-bond donors (Lipinski definition) is 2. The zero-order valence-corrected chi connectivity index (χ0v) is 16.2. The maximum absolute atomic E-state index is 12.4. The summed E-state index contributed by atoms with van der Waals surface area (Å²) in [6.45, 7) is 2.71. The zero-order valence-electron chi connectivity index (χ0n) is 15.4. The van der Waals surface area contributed by atoms with Crippen LogP contribution in [0.3, 0.4) is 0 Å². The van der Waals surface area contributed by atoms with E-state index in [1.54, 1.807) is 0 Å². The second-order valence-electron chi connectivity index (χ2n) is 7.78. The van der Waals surface area contributed by atoms with Crippen LogP contribution in [-0.4, -0.2) is 64.0 Å². The minimum Gasteiger partial charge on any atom is -0.394 e. The van der Waals surface area contributed by atoms with Crippen LogP contribution in [0.15, 0.2) is 4.90 Å². The fourth-order valence-corrected chi connectivity index (χ4v) is 4.98. The van der Waals surface area contributed by atoms with E-state index in [-0.39, 0.29) is 12.1 Å². The number of aromatic nitrogens is 2. The van der Waals surface area contributed by atoms with Crippen LogP contribution in [0.1, 0.15) is 37.8 Å². The van der Waals surface area contributed by atoms with Crippen LogP contribution in [0.25, 0.3) is 0 Å². The minimum atomic E-state index is -1.05. The first-order valence-corrected chi connectivity index (χ1v) is 10.9. The third kappa shape index (κ3) is 3.73. The van der Waals surface area contributed by atoms with E-state index in [1.165, 1.54) is 0 Å². The molecule has 0 amide bonds. The third-order valence-electron chi connectivity index (χ3n) is 5.77. The van der Waals surface area contributed by atoms with Crippen molar-refractivity contribution in [2.75, 3.05) is 49.4 Å². The smallest absolute Gasteiger partial charge is 0.227 e. The Morgan fingerprint density at radius 1 is 1.35 bits per heavy atom. The lowest BCUT2D eigenvalue weighted by Gasteiger charge is -2.25. The predicted octanol–water partition coefficient (Wildman–Crippen LogP) is 1.33. The number of aliphatic hydroxyl groups excluding tert-OH is 1. The molecule has 0 unspecified atom stereocenters. The molecule has 0 bridgehead atoms. The van der Waals surface area contributed by atoms with Gasteiger partial charge in [0.05, 0.1) is 28.6 Å². The van der Waals surface area contributed by atoms with E-state index >= 15 is 0 Å². The van der Waals surface area contributed by atoms with Crippen molar-refractivity contribution in [3.05, 3.63) is 5.69 Å². The van der Waals surface area contributed by atoms with Gasteiger partial charge in [0.1, 0.15) is 10.7 Å². The van der Waals surface area contributed by atoms with E-state index in [0.717, 1.165) is 68.9 Å². The van der Waals surface area contributed by atoms with Crippen molar-refractivity contribution in [3.8, 4) is 0 Å². The first-order chi connectivity index (χ1) is 12.6. The van der Waals surface area contributed by atoms with Gasteiger partial charge in [0.2, 0.25) is 5.95 Å². The number of hydrogen-bond acceptors (Lipinski definition) is 7. The SMILES string of the molecule is CN(CCC1CCOCC1)c1nc2c(c(NC3(CO)CC3)n1)[S@](=O)CC2. The van der Waals surface area contributed by atoms with Gasteiger partial charge in [-0.1, -0.05) is 0 Å². The standard InChI is InChI=1S/C18H28N4O3S/c1-22(8-2-13-3-9-25-10-4-13)17-19-14-5-11-26(24)15(14)16(20-17)21-18(12-23)6-7-18/h13,23H,2-12H2,1H3,(H,19,20,21)/t26-/m1/s1. The van der Waals surface area contributed by atoms with E-state index in [1.807, 2.05) is 7.05 Å². The van der Waals surface area contributed by atoms with Gasteiger partial charge >= 0.3 is 0 Å². The fraction of sp³-hybridized carbons (Fsp3) is 0.778. The molecular formula is C18H28N4O3S. The summed E-state index contributed by atoms with van der Waals surface area (Å²) in [6.07, 6.45) is 5.93. The topological polar surface area (TPSA) is 87.6 Å². The number of aliphatic hydroxyl groups is 1. The summed E-state index contributed by atoms with van der Waals surface area (Å²) in [4.78, 5) is 12.2. The molecular weight excluding hydrogens is 352 g/mol. The Labute approximate surface area is 157 Å². The summed E-state index contributed by atoms with van der Waals surface area (Å²) in [5.41, 5.74) is 0.606. The lowest BCUT2D eigenvalue weighted by atomic mass is 9.96. The van der Waals surface area contributed by atoms with Crippen molar-refractivity contribution in [2.45, 2.75) is 49.0 Å². The Morgan fingerprint density at radius 3 is 2.81 bits per heavy atom. The average Bonchev–Trinajstić information content (AvgIpc) is 3.34. The lowest BCUT2D eigenvalue weighted by molar-refractivity contribution is 0.0645. The molecule has 2 N–H and O–H groups in total. The molecule has 2 fully saturated rings. The highest BCUT2D eigenvalue weighted by Gasteiger charge is 2.43. The molecule has 8 heteroatoms. The van der Waals surface area contributed by atoms with Crippen LogP contribution >= 0.6 is 0 Å². The molecule has 0 radical (unpaired) electrons. The highest BCUT2D eigenvalue weighted by atomic mass is 32.2. The second kappa shape index (κ2) is 7.40. The van der Waals surface area contributed by atoms with Crippen molar-refractivity contribution in [1.82, 2.24) is 9.97 Å². The van der Waals surface area contributed by atoms with Gasteiger partial charge in [0.15, 0.2) is 0 Å². The molecule has 0 spiro atoms. The molecule has 26 heavy (non-hydrogen) atoms. The monoisotopic (exact) mass is 380 g/mol. The quantitative estimate of drug-likeness (QED) is 0.738. The molecule has 1 atom stereocenters. The normalized spacial score (nSPS) is 24.3. The van der Waals surface area contributed by atoms with Crippen LogP contribution < -0.4 is 10.2 Å². The largest absolute Gasteiger partial charge is 0.394 e. The summed E-state index contributed by atoms with van der Waals surface area (Å²) in [6, 6.07) is 0. The van der Waals surface area contributed by atoms with Crippen LogP contribution in [0, 0.1) is 5.92 Å². The van der Waals surface area contributed by atoms with Gasteiger partial charge in [0, 0.05) is 39.0 Å². The Morgan fingerprint density at radius 2 is 2.12 bits per heavy atom. The van der Waals surface area contributed by atoms with Crippen molar-refractivity contribution in [3.63, 3.8) is 0 Å². The van der Waals surface area contributed by atoms with E-state index in [9.17, 15) is 9.32 Å². The molecule has 3 aliphatic rings. The van der Waals surface area contributed by atoms with E-state index in [4.69, 9.17) is 14.7 Å². The van der Waals surface area contributed by atoms with Crippen molar-refractivity contribution in [1.29, 1.82) is 0 Å². The molecule has 3 heterocycles. The molecule has 7 nitrogen and oxygen atoms in total. The number of rotatable bonds is 7. The van der Waals surface area contributed by atoms with E-state index < -0.39 is 10.8 Å². The highest BCUT2D eigenvalue weighted by Crippen LogP contribution is 2.40. The Balaban J connectivity index is 1.51. The third-order valence-corrected chi connectivity index (χ3v) is 7.23. The van der Waals surface area contributed by atoms with Crippen LogP contribution in [0.5, 0.6) is 0 Å².